The summed E-state index contributed by atoms with van der Waals surface area (Å²) in [6.45, 7) is 0. The van der Waals surface area contributed by atoms with Gasteiger partial charge >= 0.3 is 0 Å². The summed E-state index contributed by atoms with van der Waals surface area (Å²) in [5.41, 5.74) is 20.1. The highest BCUT2D eigenvalue weighted by Crippen LogP contribution is 2.65. The first kappa shape index (κ1) is 42.3. The molecule has 1 atom stereocenters. The zero-order valence-corrected chi connectivity index (χ0v) is 41.1. The Bertz CT molecular complexity index is 4340. The Morgan fingerprint density at radius 2 is 0.867 bits per heavy atom. The van der Waals surface area contributed by atoms with Crippen molar-refractivity contribution in [2.75, 3.05) is 0 Å². The summed E-state index contributed by atoms with van der Waals surface area (Å²) in [7, 11) is 0. The maximum absolute atomic E-state index is 7.35. The third-order valence-electron chi connectivity index (χ3n) is 17.3. The Morgan fingerprint density at radius 3 is 1.55 bits per heavy atom. The SMILES string of the molecule is c1ccc(C2(c3ccccc3)c3ccccc3-c3c(CCC(c4ccc5oc6ccccc6c5c4)c4cccc5c4-c4ccccc4C54c5ccc6ccccc6c5Oc5c4ccc4ccccc54)cccc32)cc1. The van der Waals surface area contributed by atoms with Crippen molar-refractivity contribution in [3.05, 3.63) is 322 Å². The molecule has 12 aromatic carbocycles. The lowest BCUT2D eigenvalue weighted by molar-refractivity contribution is 0.447. The van der Waals surface area contributed by atoms with Crippen molar-refractivity contribution in [1.29, 1.82) is 0 Å². The molecule has 2 aliphatic carbocycles. The van der Waals surface area contributed by atoms with E-state index in [0.717, 1.165) is 67.8 Å². The molecule has 1 aliphatic heterocycles. The Labute approximate surface area is 435 Å². The van der Waals surface area contributed by atoms with Crippen molar-refractivity contribution >= 4 is 43.5 Å². The van der Waals surface area contributed by atoms with Gasteiger partial charge in [0.05, 0.1) is 10.8 Å². The molecule has 1 unspecified atom stereocenters. The van der Waals surface area contributed by atoms with E-state index in [4.69, 9.17) is 9.15 Å². The van der Waals surface area contributed by atoms with Gasteiger partial charge in [-0.25, -0.2) is 0 Å². The molecule has 16 rings (SSSR count). The smallest absolute Gasteiger partial charge is 0.140 e. The molecule has 3 aliphatic rings. The van der Waals surface area contributed by atoms with Crippen LogP contribution in [0.3, 0.4) is 0 Å². The van der Waals surface area contributed by atoms with Crippen LogP contribution in [-0.4, -0.2) is 0 Å². The topological polar surface area (TPSA) is 22.4 Å². The van der Waals surface area contributed by atoms with E-state index in [1.165, 1.54) is 83.5 Å². The molecule has 0 fully saturated rings. The van der Waals surface area contributed by atoms with Crippen LogP contribution in [0.4, 0.5) is 0 Å². The third-order valence-corrected chi connectivity index (χ3v) is 17.3. The van der Waals surface area contributed by atoms with Crippen LogP contribution >= 0.6 is 0 Å². The zero-order valence-electron chi connectivity index (χ0n) is 41.1. The maximum atomic E-state index is 7.35. The molecule has 2 nitrogen and oxygen atoms in total. The number of benzene rings is 12. The van der Waals surface area contributed by atoms with E-state index in [1.807, 2.05) is 0 Å². The summed E-state index contributed by atoms with van der Waals surface area (Å²) in [6, 6.07) is 97.1. The quantitative estimate of drug-likeness (QED) is 0.159. The molecule has 0 bridgehead atoms. The van der Waals surface area contributed by atoms with E-state index >= 15 is 0 Å². The van der Waals surface area contributed by atoms with Gasteiger partial charge in [0.2, 0.25) is 0 Å². The standard InChI is InChI=1S/C73H48O2/c1-3-22-50(23-4-1)72(51-24-5-2-6-25-51)60-32-14-11-29-57(60)68-48(21-17-34-62(68)72)37-41-52(49-40-44-67-59(45-49)55-28-13-16-36-66(55)74-67)56-31-18-35-63-69(56)58-30-12-15-33-61(58)73(63)64-42-38-46-19-7-9-26-53(46)70(64)75-71-54-27-10-8-20-47(54)39-43-65(71)73/h1-36,38-40,42-45,52H,37,41H2. The number of para-hydroxylation sites is 1. The fourth-order valence-corrected chi connectivity index (χ4v) is 14.3. The number of aryl methyl sites for hydroxylation is 1. The summed E-state index contributed by atoms with van der Waals surface area (Å²) < 4.78 is 13.9. The van der Waals surface area contributed by atoms with Crippen molar-refractivity contribution < 1.29 is 9.15 Å². The van der Waals surface area contributed by atoms with E-state index in [1.54, 1.807) is 0 Å². The number of fused-ring (bicyclic) bond motifs is 19. The Morgan fingerprint density at radius 1 is 0.347 bits per heavy atom. The highest BCUT2D eigenvalue weighted by atomic mass is 16.5. The van der Waals surface area contributed by atoms with Crippen LogP contribution in [0.15, 0.2) is 265 Å². The molecule has 1 spiro atoms. The molecule has 0 amide bonds. The maximum Gasteiger partial charge on any atom is 0.140 e. The predicted octanol–water partition coefficient (Wildman–Crippen LogP) is 18.5. The molecule has 13 aromatic rings. The van der Waals surface area contributed by atoms with Crippen molar-refractivity contribution in [3.63, 3.8) is 0 Å². The Hall–Kier alpha value is -9.24. The number of furan rings is 1. The van der Waals surface area contributed by atoms with Crippen molar-refractivity contribution in [2.24, 2.45) is 0 Å². The van der Waals surface area contributed by atoms with E-state index in [-0.39, 0.29) is 5.92 Å². The van der Waals surface area contributed by atoms with Gasteiger partial charge in [-0.3, -0.25) is 0 Å². The number of ether oxygens (including phenoxy) is 1. The number of rotatable bonds is 7. The molecule has 2 heterocycles. The van der Waals surface area contributed by atoms with Crippen molar-refractivity contribution in [3.8, 4) is 33.8 Å². The van der Waals surface area contributed by atoms with E-state index in [2.05, 4.69) is 261 Å². The van der Waals surface area contributed by atoms with Crippen LogP contribution in [0, 0.1) is 0 Å². The second-order valence-corrected chi connectivity index (χ2v) is 20.8. The normalized spacial score (nSPS) is 14.5. The molecule has 0 N–H and O–H groups in total. The van der Waals surface area contributed by atoms with E-state index < -0.39 is 10.8 Å². The summed E-state index contributed by atoms with van der Waals surface area (Å²) in [5.74, 6) is 1.87. The van der Waals surface area contributed by atoms with Gasteiger partial charge in [-0.1, -0.05) is 243 Å². The summed E-state index contributed by atoms with van der Waals surface area (Å²) in [5, 5.41) is 6.85. The molecule has 2 heteroatoms. The number of hydrogen-bond acceptors (Lipinski definition) is 2. The number of hydrogen-bond donors (Lipinski definition) is 0. The second-order valence-electron chi connectivity index (χ2n) is 20.8. The van der Waals surface area contributed by atoms with Gasteiger partial charge in [0.25, 0.3) is 0 Å². The van der Waals surface area contributed by atoms with Gasteiger partial charge in [-0.05, 0) is 114 Å². The van der Waals surface area contributed by atoms with Crippen LogP contribution in [0.1, 0.15) is 73.5 Å². The Kier molecular flexibility index (Phi) is 9.09. The first-order valence-electron chi connectivity index (χ1n) is 26.4. The fourth-order valence-electron chi connectivity index (χ4n) is 14.3. The monoisotopic (exact) mass is 956 g/mol. The van der Waals surface area contributed by atoms with Gasteiger partial charge in [0.15, 0.2) is 0 Å². The van der Waals surface area contributed by atoms with Crippen LogP contribution in [0.2, 0.25) is 0 Å². The van der Waals surface area contributed by atoms with E-state index in [0.29, 0.717) is 0 Å². The largest absolute Gasteiger partial charge is 0.456 e. The minimum atomic E-state index is -0.656. The first-order valence-corrected chi connectivity index (χ1v) is 26.4. The van der Waals surface area contributed by atoms with Crippen LogP contribution in [0.25, 0.3) is 65.7 Å². The summed E-state index contributed by atoms with van der Waals surface area (Å²) >= 11 is 0. The molecule has 0 saturated carbocycles. The van der Waals surface area contributed by atoms with Gasteiger partial charge in [0.1, 0.15) is 22.7 Å². The lowest BCUT2D eigenvalue weighted by atomic mass is 9.65. The molecule has 1 aromatic heterocycles. The Balaban J connectivity index is 0.939. The van der Waals surface area contributed by atoms with Crippen molar-refractivity contribution in [2.45, 2.75) is 29.6 Å². The molecule has 0 saturated heterocycles. The average molecular weight is 957 g/mol. The first-order chi connectivity index (χ1) is 37.2. The molecule has 352 valence electrons. The van der Waals surface area contributed by atoms with Gasteiger partial charge in [0, 0.05) is 38.6 Å². The fraction of sp³-hybridized carbons (Fsp3) is 0.0685. The third kappa shape index (κ3) is 5.80. The molecular formula is C73H48O2. The average Bonchev–Trinajstić information content (AvgIpc) is 4.18. The van der Waals surface area contributed by atoms with E-state index in [9.17, 15) is 0 Å². The molecule has 75 heavy (non-hydrogen) atoms. The van der Waals surface area contributed by atoms with Gasteiger partial charge in [-0.2, -0.15) is 0 Å². The zero-order chi connectivity index (χ0) is 49.2. The van der Waals surface area contributed by atoms with Gasteiger partial charge in [-0.15, -0.1) is 0 Å². The van der Waals surface area contributed by atoms with Crippen LogP contribution < -0.4 is 4.74 Å². The van der Waals surface area contributed by atoms with Crippen LogP contribution in [-0.2, 0) is 17.3 Å². The lowest BCUT2D eigenvalue weighted by Crippen LogP contribution is -2.32. The summed E-state index contributed by atoms with van der Waals surface area (Å²) in [6.07, 6.45) is 1.74. The van der Waals surface area contributed by atoms with Gasteiger partial charge < -0.3 is 9.15 Å². The van der Waals surface area contributed by atoms with Crippen molar-refractivity contribution in [1.82, 2.24) is 0 Å². The lowest BCUT2D eigenvalue weighted by Gasteiger charge is -2.40. The predicted molar refractivity (Wildman–Crippen MR) is 306 cm³/mol. The molecule has 0 radical (unpaired) electrons. The highest BCUT2D eigenvalue weighted by molar-refractivity contribution is 6.05. The minimum absolute atomic E-state index is 0.00807. The second kappa shape index (κ2) is 16.1. The van der Waals surface area contributed by atoms with Crippen LogP contribution in [0.5, 0.6) is 11.5 Å². The molecular weight excluding hydrogens is 909 g/mol. The minimum Gasteiger partial charge on any atom is -0.456 e. The summed E-state index contributed by atoms with van der Waals surface area (Å²) in [4.78, 5) is 0. The highest BCUT2D eigenvalue weighted by Gasteiger charge is 2.53.